The molecule has 1 rings (SSSR count). The van der Waals surface area contributed by atoms with Gasteiger partial charge in [0.05, 0.1) is 5.01 Å². The topological polar surface area (TPSA) is 24.9 Å². The smallest absolute Gasteiger partial charge is 0.0962 e. The van der Waals surface area contributed by atoms with E-state index in [0.717, 1.165) is 31.8 Å². The highest BCUT2D eigenvalue weighted by Crippen LogP contribution is 2.04. The number of aromatic nitrogens is 1. The summed E-state index contributed by atoms with van der Waals surface area (Å²) in [5.74, 6) is 0.740. The lowest BCUT2D eigenvalue weighted by atomic mass is 10.2. The van der Waals surface area contributed by atoms with Crippen LogP contribution < -0.4 is 5.32 Å². The van der Waals surface area contributed by atoms with E-state index in [0.29, 0.717) is 0 Å². The van der Waals surface area contributed by atoms with Gasteiger partial charge >= 0.3 is 0 Å². The van der Waals surface area contributed by atoms with E-state index in [1.165, 1.54) is 5.01 Å². The first-order chi connectivity index (χ1) is 7.29. The van der Waals surface area contributed by atoms with E-state index in [4.69, 9.17) is 0 Å². The van der Waals surface area contributed by atoms with Crippen LogP contribution in [0.1, 0.15) is 25.3 Å². The quantitative estimate of drug-likeness (QED) is 0.569. The molecular formula is C12H20N2S. The van der Waals surface area contributed by atoms with E-state index in [1.807, 2.05) is 11.6 Å². The molecule has 0 saturated heterocycles. The van der Waals surface area contributed by atoms with Gasteiger partial charge in [-0.25, -0.2) is 4.98 Å². The molecule has 0 fully saturated rings. The van der Waals surface area contributed by atoms with Gasteiger partial charge in [-0.05, 0) is 25.4 Å². The molecule has 0 aromatic carbocycles. The maximum Gasteiger partial charge on any atom is 0.0962 e. The molecular weight excluding hydrogens is 204 g/mol. The number of thiazole rings is 1. The summed E-state index contributed by atoms with van der Waals surface area (Å²) < 4.78 is 0. The van der Waals surface area contributed by atoms with Gasteiger partial charge in [0.15, 0.2) is 0 Å². The highest BCUT2D eigenvalue weighted by Gasteiger charge is 1.91. The predicted molar refractivity (Wildman–Crippen MR) is 67.3 cm³/mol. The van der Waals surface area contributed by atoms with Gasteiger partial charge in [-0.1, -0.05) is 26.0 Å². The molecule has 0 amide bonds. The molecule has 0 aliphatic carbocycles. The van der Waals surface area contributed by atoms with Crippen molar-refractivity contribution in [3.8, 4) is 0 Å². The van der Waals surface area contributed by atoms with Crippen LogP contribution >= 0.6 is 11.3 Å². The van der Waals surface area contributed by atoms with E-state index in [-0.39, 0.29) is 0 Å². The molecule has 15 heavy (non-hydrogen) atoms. The molecule has 2 nitrogen and oxygen atoms in total. The third-order valence-electron chi connectivity index (χ3n) is 1.98. The molecule has 0 saturated carbocycles. The molecule has 0 spiro atoms. The van der Waals surface area contributed by atoms with Crippen LogP contribution in [0.25, 0.3) is 0 Å². The molecule has 0 radical (unpaired) electrons. The average molecular weight is 224 g/mol. The molecule has 0 atom stereocenters. The van der Waals surface area contributed by atoms with Crippen LogP contribution in [0.5, 0.6) is 0 Å². The lowest BCUT2D eigenvalue weighted by Gasteiger charge is -2.04. The predicted octanol–water partition coefficient (Wildman–Crippen LogP) is 2.88. The Morgan fingerprint density at radius 1 is 1.47 bits per heavy atom. The summed E-state index contributed by atoms with van der Waals surface area (Å²) in [5.41, 5.74) is 0. The Bertz CT molecular complexity index is 265. The fourth-order valence-corrected chi connectivity index (χ4v) is 1.82. The zero-order valence-corrected chi connectivity index (χ0v) is 10.4. The summed E-state index contributed by atoms with van der Waals surface area (Å²) >= 11 is 1.72. The van der Waals surface area contributed by atoms with Gasteiger partial charge < -0.3 is 5.32 Å². The summed E-state index contributed by atoms with van der Waals surface area (Å²) in [6, 6.07) is 0. The number of allylic oxidation sites excluding steroid dienone is 1. The molecule has 1 N–H and O–H groups in total. The second-order valence-corrected chi connectivity index (χ2v) is 4.97. The Kier molecular flexibility index (Phi) is 6.28. The summed E-state index contributed by atoms with van der Waals surface area (Å²) in [7, 11) is 0. The maximum atomic E-state index is 4.23. The van der Waals surface area contributed by atoms with Crippen molar-refractivity contribution in [3.05, 3.63) is 28.7 Å². The highest BCUT2D eigenvalue weighted by molar-refractivity contribution is 7.09. The van der Waals surface area contributed by atoms with Crippen molar-refractivity contribution in [2.24, 2.45) is 5.92 Å². The van der Waals surface area contributed by atoms with Crippen LogP contribution in [0.3, 0.4) is 0 Å². The van der Waals surface area contributed by atoms with Crippen LogP contribution in [-0.2, 0) is 6.42 Å². The summed E-state index contributed by atoms with van der Waals surface area (Å²) in [6.45, 7) is 6.64. The first-order valence-corrected chi connectivity index (χ1v) is 6.41. The van der Waals surface area contributed by atoms with Gasteiger partial charge in [-0.2, -0.15) is 0 Å². The van der Waals surface area contributed by atoms with Gasteiger partial charge in [0.25, 0.3) is 0 Å². The van der Waals surface area contributed by atoms with E-state index < -0.39 is 0 Å². The van der Waals surface area contributed by atoms with Gasteiger partial charge in [0.2, 0.25) is 0 Å². The monoisotopic (exact) mass is 224 g/mol. The summed E-state index contributed by atoms with van der Waals surface area (Å²) in [6.07, 6.45) is 8.38. The molecule has 0 bridgehead atoms. The standard InChI is InChI=1S/C12H20N2S/c1-11(2)10-13-7-5-3-4-6-12-14-8-9-15-12/h3-4,8-9,11,13H,5-7,10H2,1-2H3. The van der Waals surface area contributed by atoms with E-state index in [9.17, 15) is 0 Å². The molecule has 0 unspecified atom stereocenters. The second kappa shape index (κ2) is 7.60. The fourth-order valence-electron chi connectivity index (χ4n) is 1.23. The zero-order valence-electron chi connectivity index (χ0n) is 9.57. The first kappa shape index (κ1) is 12.4. The molecule has 3 heteroatoms. The van der Waals surface area contributed by atoms with Crippen LogP contribution in [-0.4, -0.2) is 18.1 Å². The largest absolute Gasteiger partial charge is 0.316 e. The van der Waals surface area contributed by atoms with Crippen molar-refractivity contribution in [1.29, 1.82) is 0 Å². The minimum atomic E-state index is 0.740. The number of nitrogens with one attached hydrogen (secondary N) is 1. The van der Waals surface area contributed by atoms with Crippen molar-refractivity contribution in [2.75, 3.05) is 13.1 Å². The lowest BCUT2D eigenvalue weighted by molar-refractivity contribution is 0.556. The van der Waals surface area contributed by atoms with Crippen LogP contribution in [0.4, 0.5) is 0 Å². The second-order valence-electron chi connectivity index (χ2n) is 3.99. The van der Waals surface area contributed by atoms with Crippen molar-refractivity contribution in [2.45, 2.75) is 26.7 Å². The molecule has 1 heterocycles. The number of nitrogens with zero attached hydrogens (tertiary/aromatic N) is 1. The molecule has 0 aliphatic heterocycles. The molecule has 1 aromatic rings. The normalized spacial score (nSPS) is 11.7. The number of hydrogen-bond acceptors (Lipinski definition) is 3. The summed E-state index contributed by atoms with van der Waals surface area (Å²) in [5, 5.41) is 6.63. The highest BCUT2D eigenvalue weighted by atomic mass is 32.1. The Morgan fingerprint density at radius 3 is 3.00 bits per heavy atom. The number of rotatable bonds is 7. The molecule has 0 aliphatic rings. The van der Waals surface area contributed by atoms with Crippen molar-refractivity contribution >= 4 is 11.3 Å². The van der Waals surface area contributed by atoms with E-state index in [1.54, 1.807) is 11.3 Å². The third kappa shape index (κ3) is 6.42. The Balaban J connectivity index is 1.98. The van der Waals surface area contributed by atoms with Crippen LogP contribution in [0, 0.1) is 5.92 Å². The maximum absolute atomic E-state index is 4.23. The van der Waals surface area contributed by atoms with Crippen LogP contribution in [0.15, 0.2) is 23.7 Å². The third-order valence-corrected chi connectivity index (χ3v) is 2.78. The lowest BCUT2D eigenvalue weighted by Crippen LogP contribution is -2.20. The Labute approximate surface area is 96.4 Å². The van der Waals surface area contributed by atoms with Crippen molar-refractivity contribution in [3.63, 3.8) is 0 Å². The minimum Gasteiger partial charge on any atom is -0.316 e. The zero-order chi connectivity index (χ0) is 10.9. The summed E-state index contributed by atoms with van der Waals surface area (Å²) in [4.78, 5) is 4.23. The Hall–Kier alpha value is -0.670. The average Bonchev–Trinajstić information content (AvgIpc) is 2.68. The Morgan fingerprint density at radius 2 is 2.33 bits per heavy atom. The fraction of sp³-hybridized carbons (Fsp3) is 0.583. The van der Waals surface area contributed by atoms with Gasteiger partial charge in [0.1, 0.15) is 0 Å². The van der Waals surface area contributed by atoms with E-state index >= 15 is 0 Å². The van der Waals surface area contributed by atoms with Crippen LogP contribution in [0.2, 0.25) is 0 Å². The molecule has 84 valence electrons. The van der Waals surface area contributed by atoms with Crippen molar-refractivity contribution < 1.29 is 0 Å². The SMILES string of the molecule is CC(C)CNCCC=CCc1nccs1. The first-order valence-electron chi connectivity index (χ1n) is 5.53. The number of hydrogen-bond donors (Lipinski definition) is 1. The minimum absolute atomic E-state index is 0.740. The van der Waals surface area contributed by atoms with Gasteiger partial charge in [-0.15, -0.1) is 11.3 Å². The van der Waals surface area contributed by atoms with Crippen molar-refractivity contribution in [1.82, 2.24) is 10.3 Å². The van der Waals surface area contributed by atoms with Gasteiger partial charge in [-0.3, -0.25) is 0 Å². The van der Waals surface area contributed by atoms with Gasteiger partial charge in [0, 0.05) is 18.0 Å². The molecule has 1 aromatic heterocycles. The van der Waals surface area contributed by atoms with E-state index in [2.05, 4.69) is 36.3 Å².